The first kappa shape index (κ1) is 18.9. The number of anilines is 1. The molecule has 0 saturated carbocycles. The number of para-hydroxylation sites is 1. The number of carbonyl (C=O) groups is 2. The van der Waals surface area contributed by atoms with Gasteiger partial charge in [0.2, 0.25) is 11.8 Å². The van der Waals surface area contributed by atoms with Gasteiger partial charge in [-0.25, -0.2) is 0 Å². The van der Waals surface area contributed by atoms with E-state index in [2.05, 4.69) is 24.0 Å². The first-order valence-corrected chi connectivity index (χ1v) is 9.10. The molecule has 2 amide bonds. The van der Waals surface area contributed by atoms with Crippen LogP contribution in [-0.4, -0.2) is 42.5 Å². The third-order valence-corrected chi connectivity index (χ3v) is 4.57. The smallest absolute Gasteiger partial charge is 0.246 e. The van der Waals surface area contributed by atoms with Crippen molar-refractivity contribution in [3.63, 3.8) is 0 Å². The Hall–Kier alpha value is -2.92. The summed E-state index contributed by atoms with van der Waals surface area (Å²) < 4.78 is 5.65. The quantitative estimate of drug-likeness (QED) is 0.802. The number of nitrogens with one attached hydrogen (secondary N) is 1. The third-order valence-electron chi connectivity index (χ3n) is 4.57. The van der Waals surface area contributed by atoms with Crippen molar-refractivity contribution in [1.29, 1.82) is 0 Å². The molecule has 0 unspecified atom stereocenters. The van der Waals surface area contributed by atoms with E-state index < -0.39 is 0 Å². The number of hydrogen-bond acceptors (Lipinski definition) is 3. The fraction of sp³-hybridized carbons (Fsp3) is 0.273. The summed E-state index contributed by atoms with van der Waals surface area (Å²) in [5.74, 6) is -0.245. The molecular weight excluding hydrogens is 340 g/mol. The molecule has 140 valence electrons. The van der Waals surface area contributed by atoms with Gasteiger partial charge < -0.3 is 15.0 Å². The van der Waals surface area contributed by atoms with Crippen LogP contribution in [0.15, 0.2) is 67.3 Å². The number of benzene rings is 2. The van der Waals surface area contributed by atoms with Crippen molar-refractivity contribution in [2.24, 2.45) is 0 Å². The van der Waals surface area contributed by atoms with E-state index in [0.29, 0.717) is 19.7 Å². The molecule has 0 bridgehead atoms. The lowest BCUT2D eigenvalue weighted by Gasteiger charge is -2.32. The largest absolute Gasteiger partial charge is 0.374 e. The summed E-state index contributed by atoms with van der Waals surface area (Å²) in [5.41, 5.74) is 3.06. The fourth-order valence-corrected chi connectivity index (χ4v) is 3.19. The van der Waals surface area contributed by atoms with Gasteiger partial charge in [0.1, 0.15) is 0 Å². The Labute approximate surface area is 159 Å². The first-order chi connectivity index (χ1) is 13.2. The second-order valence-electron chi connectivity index (χ2n) is 6.55. The third kappa shape index (κ3) is 5.28. The minimum absolute atomic E-state index is 0.117. The molecule has 5 heteroatoms. The van der Waals surface area contributed by atoms with Crippen LogP contribution >= 0.6 is 0 Å². The predicted molar refractivity (Wildman–Crippen MR) is 105 cm³/mol. The first-order valence-electron chi connectivity index (χ1n) is 9.10. The van der Waals surface area contributed by atoms with E-state index in [1.54, 1.807) is 4.90 Å². The molecule has 3 rings (SSSR count). The number of hydrogen-bond donors (Lipinski definition) is 1. The molecular formula is C22H24N2O3. The van der Waals surface area contributed by atoms with E-state index in [-0.39, 0.29) is 24.3 Å². The predicted octanol–water partition coefficient (Wildman–Crippen LogP) is 3.02. The Balaban J connectivity index is 1.61. The van der Waals surface area contributed by atoms with Crippen LogP contribution in [0.25, 0.3) is 0 Å². The molecule has 0 radical (unpaired) electrons. The van der Waals surface area contributed by atoms with Gasteiger partial charge in [-0.05, 0) is 29.7 Å². The fourth-order valence-electron chi connectivity index (χ4n) is 3.19. The molecule has 5 nitrogen and oxygen atoms in total. The van der Waals surface area contributed by atoms with Gasteiger partial charge in [0.25, 0.3) is 0 Å². The summed E-state index contributed by atoms with van der Waals surface area (Å²) in [7, 11) is 0. The lowest BCUT2D eigenvalue weighted by molar-refractivity contribution is -0.136. The highest BCUT2D eigenvalue weighted by Crippen LogP contribution is 2.20. The zero-order chi connectivity index (χ0) is 19.1. The van der Waals surface area contributed by atoms with Crippen molar-refractivity contribution in [2.75, 3.05) is 25.0 Å². The van der Waals surface area contributed by atoms with Crippen molar-refractivity contribution in [3.05, 3.63) is 78.4 Å². The van der Waals surface area contributed by atoms with Gasteiger partial charge in [-0.1, -0.05) is 55.1 Å². The summed E-state index contributed by atoms with van der Waals surface area (Å²) in [6.45, 7) is 4.88. The SMILES string of the molecule is C=CC(=O)N1CCO[C@H](CC(=O)Nc2ccccc2Cc2ccccc2)C1. The van der Waals surface area contributed by atoms with Gasteiger partial charge in [-0.15, -0.1) is 0 Å². The molecule has 1 heterocycles. The molecule has 2 aromatic rings. The van der Waals surface area contributed by atoms with Crippen molar-refractivity contribution in [3.8, 4) is 0 Å². The summed E-state index contributed by atoms with van der Waals surface area (Å²) in [6.07, 6.45) is 1.95. The van der Waals surface area contributed by atoms with Gasteiger partial charge in [-0.2, -0.15) is 0 Å². The van der Waals surface area contributed by atoms with Gasteiger partial charge in [0.15, 0.2) is 0 Å². The number of rotatable bonds is 6. The van der Waals surface area contributed by atoms with Crippen LogP contribution in [0.1, 0.15) is 17.5 Å². The van der Waals surface area contributed by atoms with Gasteiger partial charge >= 0.3 is 0 Å². The Morgan fingerprint density at radius 3 is 2.67 bits per heavy atom. The van der Waals surface area contributed by atoms with Crippen LogP contribution in [0.5, 0.6) is 0 Å². The number of carbonyl (C=O) groups excluding carboxylic acids is 2. The van der Waals surface area contributed by atoms with Gasteiger partial charge in [-0.3, -0.25) is 9.59 Å². The Kier molecular flexibility index (Phi) is 6.39. The maximum Gasteiger partial charge on any atom is 0.246 e. The highest BCUT2D eigenvalue weighted by atomic mass is 16.5. The molecule has 1 aliphatic rings. The van der Waals surface area contributed by atoms with Crippen LogP contribution in [-0.2, 0) is 20.7 Å². The second-order valence-corrected chi connectivity index (χ2v) is 6.55. The molecule has 1 N–H and O–H groups in total. The van der Waals surface area contributed by atoms with E-state index in [0.717, 1.165) is 17.7 Å². The average molecular weight is 364 g/mol. The Morgan fingerprint density at radius 2 is 1.89 bits per heavy atom. The van der Waals surface area contributed by atoms with Gasteiger partial charge in [0, 0.05) is 18.8 Å². The van der Waals surface area contributed by atoms with Crippen LogP contribution in [0, 0.1) is 0 Å². The molecule has 27 heavy (non-hydrogen) atoms. The van der Waals surface area contributed by atoms with E-state index in [1.807, 2.05) is 42.5 Å². The minimum Gasteiger partial charge on any atom is -0.374 e. The van der Waals surface area contributed by atoms with E-state index >= 15 is 0 Å². The van der Waals surface area contributed by atoms with Crippen molar-refractivity contribution < 1.29 is 14.3 Å². The molecule has 1 saturated heterocycles. The summed E-state index contributed by atoms with van der Waals surface area (Å²) in [5, 5.41) is 2.99. The average Bonchev–Trinajstić information content (AvgIpc) is 2.70. The van der Waals surface area contributed by atoms with Crippen molar-refractivity contribution in [2.45, 2.75) is 18.9 Å². The van der Waals surface area contributed by atoms with Crippen LogP contribution < -0.4 is 5.32 Å². The summed E-state index contributed by atoms with van der Waals surface area (Å²) in [4.78, 5) is 25.9. The van der Waals surface area contributed by atoms with Crippen LogP contribution in [0.4, 0.5) is 5.69 Å². The lowest BCUT2D eigenvalue weighted by atomic mass is 10.0. The van der Waals surface area contributed by atoms with Gasteiger partial charge in [0.05, 0.1) is 19.1 Å². The zero-order valence-corrected chi connectivity index (χ0v) is 15.3. The second kappa shape index (κ2) is 9.14. The molecule has 0 aromatic heterocycles. The standard InChI is InChI=1S/C22H24N2O3/c1-2-22(26)24-12-13-27-19(16-24)15-21(25)23-20-11-7-6-10-18(20)14-17-8-4-3-5-9-17/h2-11,19H,1,12-16H2,(H,23,25)/t19-/m1/s1. The van der Waals surface area contributed by atoms with Crippen LogP contribution in [0.3, 0.4) is 0 Å². The number of amides is 2. The molecule has 1 aliphatic heterocycles. The highest BCUT2D eigenvalue weighted by molar-refractivity contribution is 5.92. The monoisotopic (exact) mass is 364 g/mol. The molecule has 0 aliphatic carbocycles. The highest BCUT2D eigenvalue weighted by Gasteiger charge is 2.25. The van der Waals surface area contributed by atoms with E-state index in [9.17, 15) is 9.59 Å². The normalized spacial score (nSPS) is 16.6. The Morgan fingerprint density at radius 1 is 1.15 bits per heavy atom. The number of ether oxygens (including phenoxy) is 1. The van der Waals surface area contributed by atoms with Crippen LogP contribution in [0.2, 0.25) is 0 Å². The molecule has 1 atom stereocenters. The Bertz CT molecular complexity index is 804. The minimum atomic E-state index is -0.302. The molecule has 1 fully saturated rings. The van der Waals surface area contributed by atoms with Crippen molar-refractivity contribution >= 4 is 17.5 Å². The maximum atomic E-state index is 12.5. The zero-order valence-electron chi connectivity index (χ0n) is 15.3. The lowest BCUT2D eigenvalue weighted by Crippen LogP contribution is -2.46. The maximum absolute atomic E-state index is 12.5. The molecule has 0 spiro atoms. The molecule has 2 aromatic carbocycles. The number of nitrogens with zero attached hydrogens (tertiary/aromatic N) is 1. The van der Waals surface area contributed by atoms with E-state index in [4.69, 9.17) is 4.74 Å². The van der Waals surface area contributed by atoms with E-state index in [1.165, 1.54) is 11.6 Å². The number of morpholine rings is 1. The van der Waals surface area contributed by atoms with Crippen molar-refractivity contribution in [1.82, 2.24) is 4.90 Å². The summed E-state index contributed by atoms with van der Waals surface area (Å²) in [6, 6.07) is 17.9. The summed E-state index contributed by atoms with van der Waals surface area (Å²) >= 11 is 0. The topological polar surface area (TPSA) is 58.6 Å².